The Morgan fingerprint density at radius 1 is 0.871 bits per heavy atom. The second kappa shape index (κ2) is 10.2. The van der Waals surface area contributed by atoms with Gasteiger partial charge in [0.05, 0.1) is 17.2 Å². The van der Waals surface area contributed by atoms with Crippen molar-refractivity contribution in [2.75, 3.05) is 6.61 Å². The summed E-state index contributed by atoms with van der Waals surface area (Å²) in [4.78, 5) is 24.9. The molecule has 164 valence electrons. The Morgan fingerprint density at radius 2 is 1.42 bits per heavy atom. The van der Waals surface area contributed by atoms with Crippen molar-refractivity contribution in [3.8, 4) is 0 Å². The van der Waals surface area contributed by atoms with Crippen LogP contribution < -0.4 is 0 Å². The van der Waals surface area contributed by atoms with Gasteiger partial charge in [0.25, 0.3) is 0 Å². The number of hydrogen-bond donors (Lipinski definition) is 1. The summed E-state index contributed by atoms with van der Waals surface area (Å²) in [5, 5.41) is 7.70. The van der Waals surface area contributed by atoms with Gasteiger partial charge in [-0.25, -0.2) is 9.59 Å². The Morgan fingerprint density at radius 3 is 1.97 bits per heavy atom. The van der Waals surface area contributed by atoms with Crippen LogP contribution in [0.25, 0.3) is 0 Å². The van der Waals surface area contributed by atoms with E-state index >= 15 is 0 Å². The lowest BCUT2D eigenvalue weighted by Gasteiger charge is -2.43. The van der Waals surface area contributed by atoms with E-state index < -0.39 is 30.4 Å². The Kier molecular flexibility index (Phi) is 7.41. The highest BCUT2D eigenvalue weighted by atomic mass is 16.7. The molecule has 1 heterocycles. The highest BCUT2D eigenvalue weighted by Crippen LogP contribution is 2.34. The van der Waals surface area contributed by atoms with Gasteiger partial charge < -0.3 is 18.9 Å². The van der Waals surface area contributed by atoms with Crippen molar-refractivity contribution in [2.45, 2.75) is 39.3 Å². The normalized spacial score (nSPS) is 25.3. The number of hydrogen-bond acceptors (Lipinski definition) is 7. The standard InChI is InChI=1S/C24H27NO6/c1-15-16(2)21(31-23(27)19-12-8-5-9-13-19)24(29-17(3)25)30-20(15)14-28-22(26)18-10-6-4-7-11-18/h4-13,15-16,20-21,24-25H,14H2,1-3H3. The molecule has 0 saturated carbocycles. The summed E-state index contributed by atoms with van der Waals surface area (Å²) >= 11 is 0. The minimum absolute atomic E-state index is 0.0233. The van der Waals surface area contributed by atoms with Crippen LogP contribution in [0.2, 0.25) is 0 Å². The molecule has 2 aromatic rings. The zero-order valence-electron chi connectivity index (χ0n) is 17.8. The van der Waals surface area contributed by atoms with Crippen LogP contribution in [0.5, 0.6) is 0 Å². The van der Waals surface area contributed by atoms with Crippen molar-refractivity contribution in [3.05, 3.63) is 71.8 Å². The van der Waals surface area contributed by atoms with E-state index in [1.54, 1.807) is 48.5 Å². The summed E-state index contributed by atoms with van der Waals surface area (Å²) in [6, 6.07) is 17.4. The average molecular weight is 425 g/mol. The topological polar surface area (TPSA) is 94.9 Å². The van der Waals surface area contributed by atoms with Gasteiger partial charge in [-0.3, -0.25) is 5.41 Å². The molecule has 1 fully saturated rings. The van der Waals surface area contributed by atoms with Crippen molar-refractivity contribution in [2.24, 2.45) is 11.8 Å². The first kappa shape index (κ1) is 22.5. The summed E-state index contributed by atoms with van der Waals surface area (Å²) < 4.78 is 22.7. The van der Waals surface area contributed by atoms with Crippen molar-refractivity contribution in [1.82, 2.24) is 0 Å². The minimum atomic E-state index is -0.975. The van der Waals surface area contributed by atoms with E-state index in [0.29, 0.717) is 11.1 Å². The first-order valence-electron chi connectivity index (χ1n) is 10.2. The fourth-order valence-electron chi connectivity index (χ4n) is 3.46. The predicted octanol–water partition coefficient (Wildman–Crippen LogP) is 4.08. The first-order valence-corrected chi connectivity index (χ1v) is 10.2. The Hall–Kier alpha value is -3.19. The summed E-state index contributed by atoms with van der Waals surface area (Å²) in [5.74, 6) is -1.25. The predicted molar refractivity (Wildman–Crippen MR) is 114 cm³/mol. The number of rotatable bonds is 6. The molecule has 0 aliphatic carbocycles. The van der Waals surface area contributed by atoms with E-state index in [2.05, 4.69) is 0 Å². The van der Waals surface area contributed by atoms with Gasteiger partial charge in [0, 0.05) is 12.8 Å². The molecule has 0 aromatic heterocycles. The molecule has 31 heavy (non-hydrogen) atoms. The molecule has 0 amide bonds. The van der Waals surface area contributed by atoms with Crippen LogP contribution in [-0.2, 0) is 18.9 Å². The molecule has 0 radical (unpaired) electrons. The maximum atomic E-state index is 12.6. The monoisotopic (exact) mass is 425 g/mol. The van der Waals surface area contributed by atoms with Crippen molar-refractivity contribution < 1.29 is 28.5 Å². The third kappa shape index (κ3) is 5.70. The maximum Gasteiger partial charge on any atom is 0.338 e. The SMILES string of the molecule is CC(=N)OC1OC(COC(=O)c2ccccc2)C(C)C(C)C1OC(=O)c1ccccc1. The van der Waals surface area contributed by atoms with Crippen LogP contribution in [0.4, 0.5) is 0 Å². The molecule has 5 unspecified atom stereocenters. The fraction of sp³-hybridized carbons (Fsp3) is 0.375. The maximum absolute atomic E-state index is 12.6. The van der Waals surface area contributed by atoms with Crippen molar-refractivity contribution >= 4 is 17.8 Å². The molecular formula is C24H27NO6. The molecule has 0 bridgehead atoms. The van der Waals surface area contributed by atoms with E-state index in [1.807, 2.05) is 26.0 Å². The molecule has 2 aromatic carbocycles. The van der Waals surface area contributed by atoms with Gasteiger partial charge in [-0.15, -0.1) is 0 Å². The summed E-state index contributed by atoms with van der Waals surface area (Å²) in [6.07, 6.45) is -2.17. The van der Waals surface area contributed by atoms with Crippen LogP contribution in [0.15, 0.2) is 60.7 Å². The van der Waals surface area contributed by atoms with E-state index in [1.165, 1.54) is 6.92 Å². The minimum Gasteiger partial charge on any atom is -0.459 e. The molecule has 7 heteroatoms. The van der Waals surface area contributed by atoms with Crippen molar-refractivity contribution in [3.63, 3.8) is 0 Å². The lowest BCUT2D eigenvalue weighted by atomic mass is 9.83. The van der Waals surface area contributed by atoms with Crippen LogP contribution in [0.3, 0.4) is 0 Å². The van der Waals surface area contributed by atoms with Gasteiger partial charge in [-0.2, -0.15) is 0 Å². The molecule has 1 aliphatic heterocycles. The first-order chi connectivity index (χ1) is 14.9. The lowest BCUT2D eigenvalue weighted by Crippen LogP contribution is -2.53. The van der Waals surface area contributed by atoms with Gasteiger partial charge in [0.2, 0.25) is 6.29 Å². The molecule has 0 spiro atoms. The lowest BCUT2D eigenvalue weighted by molar-refractivity contribution is -0.249. The number of esters is 2. The van der Waals surface area contributed by atoms with Gasteiger partial charge in [-0.05, 0) is 30.2 Å². The van der Waals surface area contributed by atoms with E-state index in [4.69, 9.17) is 24.4 Å². The molecule has 1 aliphatic rings. The highest BCUT2D eigenvalue weighted by molar-refractivity contribution is 5.89. The number of ether oxygens (including phenoxy) is 4. The van der Waals surface area contributed by atoms with Crippen LogP contribution in [0, 0.1) is 17.2 Å². The number of carbonyl (C=O) groups excluding carboxylic acids is 2. The third-order valence-corrected chi connectivity index (χ3v) is 5.44. The Balaban J connectivity index is 1.69. The molecule has 1 N–H and O–H groups in total. The number of carbonyl (C=O) groups is 2. The largest absolute Gasteiger partial charge is 0.459 e. The summed E-state index contributed by atoms with van der Waals surface area (Å²) in [6.45, 7) is 5.38. The molecule has 1 saturated heterocycles. The van der Waals surface area contributed by atoms with Gasteiger partial charge in [-0.1, -0.05) is 50.2 Å². The van der Waals surface area contributed by atoms with E-state index in [0.717, 1.165) is 0 Å². The summed E-state index contributed by atoms with van der Waals surface area (Å²) in [7, 11) is 0. The quantitative estimate of drug-likeness (QED) is 0.426. The third-order valence-electron chi connectivity index (χ3n) is 5.44. The van der Waals surface area contributed by atoms with Crippen LogP contribution >= 0.6 is 0 Å². The zero-order valence-corrected chi connectivity index (χ0v) is 17.8. The fourth-order valence-corrected chi connectivity index (χ4v) is 3.46. The smallest absolute Gasteiger partial charge is 0.338 e. The van der Waals surface area contributed by atoms with E-state index in [-0.39, 0.29) is 24.3 Å². The number of benzene rings is 2. The number of nitrogens with one attached hydrogen (secondary N) is 1. The van der Waals surface area contributed by atoms with Gasteiger partial charge in [0.1, 0.15) is 6.61 Å². The highest BCUT2D eigenvalue weighted by Gasteiger charge is 2.45. The zero-order chi connectivity index (χ0) is 22.4. The van der Waals surface area contributed by atoms with Gasteiger partial charge in [0.15, 0.2) is 12.0 Å². The molecule has 7 nitrogen and oxygen atoms in total. The van der Waals surface area contributed by atoms with Crippen LogP contribution in [-0.4, -0.2) is 42.9 Å². The van der Waals surface area contributed by atoms with Crippen LogP contribution in [0.1, 0.15) is 41.5 Å². The van der Waals surface area contributed by atoms with E-state index in [9.17, 15) is 9.59 Å². The Bertz CT molecular complexity index is 899. The summed E-state index contributed by atoms with van der Waals surface area (Å²) in [5.41, 5.74) is 0.878. The van der Waals surface area contributed by atoms with Crippen molar-refractivity contribution in [1.29, 1.82) is 5.41 Å². The van der Waals surface area contributed by atoms with Gasteiger partial charge >= 0.3 is 11.9 Å². The molecule has 5 atom stereocenters. The molecular weight excluding hydrogens is 398 g/mol. The molecule has 3 rings (SSSR count). The second-order valence-electron chi connectivity index (χ2n) is 7.64. The Labute approximate surface area is 181 Å². The average Bonchev–Trinajstić information content (AvgIpc) is 2.78. The second-order valence-corrected chi connectivity index (χ2v) is 7.64.